The lowest BCUT2D eigenvalue weighted by Crippen LogP contribution is -2.10. The van der Waals surface area contributed by atoms with Crippen molar-refractivity contribution >= 4 is 33.3 Å². The lowest BCUT2D eigenvalue weighted by molar-refractivity contribution is 0.101. The van der Waals surface area contributed by atoms with E-state index in [4.69, 9.17) is 4.42 Å². The van der Waals surface area contributed by atoms with Crippen LogP contribution in [0.15, 0.2) is 63.8 Å². The normalized spacial score (nSPS) is 11.0. The number of hydrogen-bond donors (Lipinski definition) is 2. The molecule has 0 aliphatic carbocycles. The smallest absolute Gasteiger partial charge is 0.348 e. The summed E-state index contributed by atoms with van der Waals surface area (Å²) in [5, 5.41) is 21.0. The topological polar surface area (TPSA) is 105 Å². The number of rotatable bonds is 3. The number of phenols is 2. The molecule has 0 radical (unpaired) electrons. The molecular weight excluding hydrogens is 360 g/mol. The third-order valence-electron chi connectivity index (χ3n) is 4.64. The summed E-state index contributed by atoms with van der Waals surface area (Å²) in [6.07, 6.45) is 0. The van der Waals surface area contributed by atoms with Gasteiger partial charge in [-0.15, -0.1) is 0 Å². The predicted molar refractivity (Wildman–Crippen MR) is 103 cm³/mol. The van der Waals surface area contributed by atoms with E-state index in [1.165, 1.54) is 25.1 Å². The van der Waals surface area contributed by atoms with Crippen molar-refractivity contribution in [2.45, 2.75) is 6.92 Å². The third kappa shape index (κ3) is 2.54. The summed E-state index contributed by atoms with van der Waals surface area (Å²) < 4.78 is 5.27. The highest BCUT2D eigenvalue weighted by Crippen LogP contribution is 2.36. The van der Waals surface area contributed by atoms with Crippen LogP contribution in [0.4, 0.5) is 0 Å². The highest BCUT2D eigenvalue weighted by molar-refractivity contribution is 6.25. The van der Waals surface area contributed by atoms with Crippen LogP contribution >= 0.6 is 0 Å². The summed E-state index contributed by atoms with van der Waals surface area (Å²) in [6.45, 7) is 1.22. The van der Waals surface area contributed by atoms with Gasteiger partial charge in [-0.1, -0.05) is 30.3 Å². The van der Waals surface area contributed by atoms with Crippen LogP contribution < -0.4 is 5.63 Å². The molecule has 3 aromatic carbocycles. The van der Waals surface area contributed by atoms with Crippen molar-refractivity contribution < 1.29 is 24.2 Å². The maximum absolute atomic E-state index is 13.2. The van der Waals surface area contributed by atoms with E-state index in [1.807, 2.05) is 0 Å². The van der Waals surface area contributed by atoms with E-state index in [0.717, 1.165) is 0 Å². The molecule has 0 amide bonds. The number of para-hydroxylation sites is 2. The van der Waals surface area contributed by atoms with E-state index in [9.17, 15) is 24.6 Å². The van der Waals surface area contributed by atoms with Crippen LogP contribution in [0.5, 0.6) is 11.5 Å². The van der Waals surface area contributed by atoms with Crippen molar-refractivity contribution in [1.82, 2.24) is 0 Å². The number of ketones is 2. The minimum Gasteiger partial charge on any atom is -0.507 e. The second-order valence-electron chi connectivity index (χ2n) is 6.36. The van der Waals surface area contributed by atoms with Crippen LogP contribution in [0, 0.1) is 0 Å². The van der Waals surface area contributed by atoms with Crippen molar-refractivity contribution in [2.75, 3.05) is 0 Å². The van der Waals surface area contributed by atoms with E-state index < -0.39 is 22.9 Å². The summed E-state index contributed by atoms with van der Waals surface area (Å²) in [4.78, 5) is 37.8. The number of aromatic hydroxyl groups is 2. The van der Waals surface area contributed by atoms with Crippen LogP contribution in [0.3, 0.4) is 0 Å². The first-order chi connectivity index (χ1) is 13.4. The molecule has 6 heteroatoms. The molecule has 0 saturated heterocycles. The average Bonchev–Trinajstić information content (AvgIpc) is 2.67. The van der Waals surface area contributed by atoms with Crippen molar-refractivity contribution in [2.24, 2.45) is 0 Å². The Hall–Kier alpha value is -3.93. The largest absolute Gasteiger partial charge is 0.507 e. The molecule has 2 N–H and O–H groups in total. The molecule has 4 aromatic rings. The highest BCUT2D eigenvalue weighted by atomic mass is 16.4. The van der Waals surface area contributed by atoms with E-state index in [0.29, 0.717) is 5.39 Å². The summed E-state index contributed by atoms with van der Waals surface area (Å²) >= 11 is 0. The predicted octanol–water partition coefficient (Wildman–Crippen LogP) is 3.79. The Kier molecular flexibility index (Phi) is 3.96. The second kappa shape index (κ2) is 6.35. The molecule has 0 atom stereocenters. The molecule has 1 heterocycles. The van der Waals surface area contributed by atoms with Gasteiger partial charge in [0.1, 0.15) is 22.5 Å². The Labute approximate surface area is 158 Å². The van der Waals surface area contributed by atoms with Gasteiger partial charge in [0.25, 0.3) is 0 Å². The van der Waals surface area contributed by atoms with Crippen LogP contribution in [-0.4, -0.2) is 21.8 Å². The minimum atomic E-state index is -0.861. The van der Waals surface area contributed by atoms with Gasteiger partial charge in [-0.05, 0) is 31.2 Å². The number of benzene rings is 3. The standard InChI is InChI=1S/C22H14O6/c1-11(23)14-10-15(20(25)12-6-2-4-8-16(12)24)18-13-7-3-5-9-17(13)28-22(27)19(18)21(14)26/h2-10,24,26H,1H3. The van der Waals surface area contributed by atoms with Gasteiger partial charge in [0, 0.05) is 16.3 Å². The third-order valence-corrected chi connectivity index (χ3v) is 4.64. The fraction of sp³-hybridized carbons (Fsp3) is 0.0455. The number of phenolic OH excluding ortho intramolecular Hbond substituents is 2. The van der Waals surface area contributed by atoms with Gasteiger partial charge in [0.05, 0.1) is 11.1 Å². The maximum Gasteiger partial charge on any atom is 0.348 e. The van der Waals surface area contributed by atoms with Gasteiger partial charge in [-0.3, -0.25) is 9.59 Å². The fourth-order valence-corrected chi connectivity index (χ4v) is 3.32. The van der Waals surface area contributed by atoms with E-state index in [-0.39, 0.29) is 38.8 Å². The van der Waals surface area contributed by atoms with Crippen molar-refractivity contribution in [3.8, 4) is 11.5 Å². The van der Waals surface area contributed by atoms with Crippen LogP contribution in [0.2, 0.25) is 0 Å². The molecule has 0 saturated carbocycles. The van der Waals surface area contributed by atoms with Gasteiger partial charge < -0.3 is 14.6 Å². The SMILES string of the molecule is CC(=O)c1cc(C(=O)c2ccccc2O)c2c(c1O)c(=O)oc1ccccc12. The second-order valence-corrected chi connectivity index (χ2v) is 6.36. The lowest BCUT2D eigenvalue weighted by atomic mass is 9.91. The van der Waals surface area contributed by atoms with Gasteiger partial charge in [-0.2, -0.15) is 0 Å². The fourth-order valence-electron chi connectivity index (χ4n) is 3.32. The Morgan fingerprint density at radius 1 is 0.857 bits per heavy atom. The molecule has 138 valence electrons. The van der Waals surface area contributed by atoms with Gasteiger partial charge in [0.2, 0.25) is 0 Å². The Bertz CT molecular complexity index is 1350. The Morgan fingerprint density at radius 2 is 1.54 bits per heavy atom. The summed E-state index contributed by atoms with van der Waals surface area (Å²) in [6, 6.07) is 13.8. The Balaban J connectivity index is 2.23. The first-order valence-corrected chi connectivity index (χ1v) is 8.45. The molecule has 1 aromatic heterocycles. The van der Waals surface area contributed by atoms with Crippen molar-refractivity contribution in [1.29, 1.82) is 0 Å². The summed E-state index contributed by atoms with van der Waals surface area (Å²) in [5.74, 6) is -1.86. The first-order valence-electron chi connectivity index (χ1n) is 8.45. The van der Waals surface area contributed by atoms with E-state index in [1.54, 1.807) is 36.4 Å². The zero-order valence-corrected chi connectivity index (χ0v) is 14.7. The maximum atomic E-state index is 13.2. The average molecular weight is 374 g/mol. The molecule has 6 nitrogen and oxygen atoms in total. The molecule has 28 heavy (non-hydrogen) atoms. The highest BCUT2D eigenvalue weighted by Gasteiger charge is 2.25. The zero-order chi connectivity index (χ0) is 20.0. The van der Waals surface area contributed by atoms with Gasteiger partial charge in [0.15, 0.2) is 11.6 Å². The molecule has 0 aliphatic rings. The number of Topliss-reactive ketones (excluding diaryl/α,β-unsaturated/α-hetero) is 1. The van der Waals surface area contributed by atoms with Crippen LogP contribution in [0.25, 0.3) is 21.7 Å². The lowest BCUT2D eigenvalue weighted by Gasteiger charge is -2.13. The molecule has 0 spiro atoms. The number of hydrogen-bond acceptors (Lipinski definition) is 6. The van der Waals surface area contributed by atoms with Crippen LogP contribution in [-0.2, 0) is 0 Å². The number of fused-ring (bicyclic) bond motifs is 3. The van der Waals surface area contributed by atoms with Gasteiger partial charge in [-0.25, -0.2) is 4.79 Å². The molecule has 4 rings (SSSR count). The molecule has 0 unspecified atom stereocenters. The first kappa shape index (κ1) is 17.5. The molecule has 0 fully saturated rings. The number of carbonyl (C=O) groups excluding carboxylic acids is 2. The van der Waals surface area contributed by atoms with Crippen LogP contribution in [0.1, 0.15) is 33.2 Å². The summed E-state index contributed by atoms with van der Waals surface area (Å²) in [5.41, 5.74) is -0.763. The van der Waals surface area contributed by atoms with Crippen molar-refractivity contribution in [3.63, 3.8) is 0 Å². The zero-order valence-electron chi connectivity index (χ0n) is 14.7. The number of carbonyl (C=O) groups is 2. The molecule has 0 aliphatic heterocycles. The molecule has 0 bridgehead atoms. The van der Waals surface area contributed by atoms with Gasteiger partial charge >= 0.3 is 5.63 Å². The monoisotopic (exact) mass is 374 g/mol. The quantitative estimate of drug-likeness (QED) is 0.321. The van der Waals surface area contributed by atoms with E-state index in [2.05, 4.69) is 0 Å². The molecular formula is C22H14O6. The van der Waals surface area contributed by atoms with Crippen molar-refractivity contribution in [3.05, 3.63) is 81.7 Å². The summed E-state index contributed by atoms with van der Waals surface area (Å²) in [7, 11) is 0. The minimum absolute atomic E-state index is 0.0151. The Morgan fingerprint density at radius 3 is 2.25 bits per heavy atom. The van der Waals surface area contributed by atoms with E-state index >= 15 is 0 Å².